The van der Waals surface area contributed by atoms with Gasteiger partial charge < -0.3 is 48.6 Å². The highest BCUT2D eigenvalue weighted by Crippen LogP contribution is 2.51. The maximum absolute atomic E-state index is 13.5. The summed E-state index contributed by atoms with van der Waals surface area (Å²) >= 11 is 9.00. The second-order valence-electron chi connectivity index (χ2n) is 31.0. The number of aryl methyl sites for hydroxylation is 3. The molecule has 2 N–H and O–H groups in total. The smallest absolute Gasteiger partial charge is 0.350 e. The molecule has 23 heteroatoms. The van der Waals surface area contributed by atoms with Gasteiger partial charge in [-0.3, -0.25) is 19.3 Å². The van der Waals surface area contributed by atoms with Crippen LogP contribution in [0, 0.1) is 36.5 Å². The number of ether oxygens (including phenoxy) is 4. The lowest BCUT2D eigenvalue weighted by atomic mass is 9.65. The normalized spacial score (nSPS) is 19.2. The number of nitrogens with zero attached hydrogens (tertiary/aromatic N) is 10. The second kappa shape index (κ2) is 37.3. The molecule has 5 aliphatic rings. The average Bonchev–Trinajstić information content (AvgIpc) is 1.61. The van der Waals surface area contributed by atoms with E-state index >= 15 is 0 Å². The number of nitrogens with one attached hydrogen (secondary N) is 1. The van der Waals surface area contributed by atoms with Gasteiger partial charge in [-0.2, -0.15) is 5.10 Å². The molecule has 2 aliphatic carbocycles. The highest BCUT2D eigenvalue weighted by atomic mass is 35.5. The van der Waals surface area contributed by atoms with Gasteiger partial charge in [0.2, 0.25) is 11.7 Å². The number of amides is 1. The number of ketones is 1. The molecule has 8 aromatic rings. The predicted molar refractivity (Wildman–Crippen MR) is 438 cm³/mol. The van der Waals surface area contributed by atoms with E-state index in [0.717, 1.165) is 164 Å². The quantitative estimate of drug-likeness (QED) is 0.0484. The van der Waals surface area contributed by atoms with Crippen molar-refractivity contribution in [3.8, 4) is 22.9 Å². The number of benzene rings is 6. The molecule has 6 aromatic carbocycles. The first kappa shape index (κ1) is 81.9. The Balaban J connectivity index is 0.000000173. The van der Waals surface area contributed by atoms with E-state index in [1.54, 1.807) is 29.0 Å². The summed E-state index contributed by atoms with van der Waals surface area (Å²) in [4.78, 5) is 61.8. The number of hydrogen-bond donors (Lipinski definition) is 2. The Kier molecular flexibility index (Phi) is 28.0. The number of carbonyl (C=O) groups is 3. The molecule has 4 fully saturated rings. The number of rotatable bonds is 26. The maximum Gasteiger partial charge on any atom is 0.350 e. The minimum atomic E-state index is -0.958. The maximum atomic E-state index is 13.5. The Hall–Kier alpha value is -8.12. The zero-order valence-corrected chi connectivity index (χ0v) is 68.2. The van der Waals surface area contributed by atoms with Crippen LogP contribution in [0.1, 0.15) is 159 Å². The van der Waals surface area contributed by atoms with Crippen molar-refractivity contribution in [2.24, 2.45) is 29.7 Å². The van der Waals surface area contributed by atoms with Crippen LogP contribution in [0.3, 0.4) is 0 Å². The van der Waals surface area contributed by atoms with E-state index in [9.17, 15) is 24.3 Å². The first-order valence-corrected chi connectivity index (χ1v) is 41.2. The monoisotopic (exact) mass is 1540 g/mol. The first-order valence-electron chi connectivity index (χ1n) is 39.0. The van der Waals surface area contributed by atoms with Crippen molar-refractivity contribution in [3.63, 3.8) is 0 Å². The average molecular weight is 1540 g/mol. The van der Waals surface area contributed by atoms with Gasteiger partial charge in [-0.25, -0.2) is 14.0 Å². The molecule has 1 amide bonds. The van der Waals surface area contributed by atoms with E-state index < -0.39 is 5.79 Å². The Bertz CT molecular complexity index is 4390. The molecule has 2 aromatic heterocycles. The lowest BCUT2D eigenvalue weighted by Gasteiger charge is -2.38. The summed E-state index contributed by atoms with van der Waals surface area (Å²) in [6.45, 7) is 28.9. The van der Waals surface area contributed by atoms with Crippen LogP contribution >= 0.6 is 35.1 Å². The topological polar surface area (TPSA) is 204 Å². The van der Waals surface area contributed by atoms with Gasteiger partial charge in [0.15, 0.2) is 10.3 Å². The Morgan fingerprint density at radius 1 is 0.743 bits per heavy atom. The minimum absolute atomic E-state index is 0.00156. The second-order valence-corrected chi connectivity index (χ2v) is 33.4. The molecule has 0 bridgehead atoms. The standard InChI is InChI=1S/C36H41ClN8O4S.C26H35N3O3.C24H36O2S/c1-4-26(2)45-35(46)44(25-39-45)31-11-9-29(10-12-31)42-17-19-43(20-18-42)30-13-15-32(16-14-30)47-21-33-22-48-36(49-33,27-5-7-28(37)8-6-27)23-50-34-40-38-24-41(34)3;1-17-13-18(2)24(31)23-21(17)15-26(3,4)25(23)27-22(30)16-28-9-11-29(12-10-28)19-7-6-8-20(14-19)32-5;1-5-19(6-2)17-24(14-10-7-11-15-24)22(25)16-20-12-8-9-13-21(20)27-23(26)18(3)4/h5-16,24-26,33H,4,17-23H2,1-3H3;6-8,13-14,25,31H,9-12,15-16H2,1-5H3,(H,27,30);8-9,12-13,18-19H,5-7,10-11,14-17H2,1-4H3/t26-,33-,36-;;/m1../s1. The summed E-state index contributed by atoms with van der Waals surface area (Å²) in [6.07, 6.45) is 14.2. The number of carbonyl (C=O) groups excluding carboxylic acids is 3. The zero-order chi connectivity index (χ0) is 77.6. The molecule has 13 rings (SSSR count). The number of hydrogen-bond acceptors (Lipinski definition) is 18. The van der Waals surface area contributed by atoms with Gasteiger partial charge in [0.05, 0.1) is 43.8 Å². The van der Waals surface area contributed by atoms with Gasteiger partial charge >= 0.3 is 5.69 Å². The summed E-state index contributed by atoms with van der Waals surface area (Å²) < 4.78 is 29.4. The molecule has 584 valence electrons. The number of methoxy groups -OCH3 is 1. The number of aromatic hydroxyl groups is 1. The van der Waals surface area contributed by atoms with Crippen molar-refractivity contribution < 1.29 is 38.4 Å². The summed E-state index contributed by atoms with van der Waals surface area (Å²) in [6, 6.07) is 42.0. The molecule has 109 heavy (non-hydrogen) atoms. The summed E-state index contributed by atoms with van der Waals surface area (Å²) in [5, 5.41) is 28.1. The number of thioether (sulfide) groups is 2. The van der Waals surface area contributed by atoms with E-state index in [0.29, 0.717) is 54.4 Å². The molecule has 1 unspecified atom stereocenters. The van der Waals surface area contributed by atoms with Gasteiger partial charge in [0.1, 0.15) is 48.4 Å². The van der Waals surface area contributed by atoms with E-state index in [1.165, 1.54) is 53.9 Å². The van der Waals surface area contributed by atoms with Crippen LogP contribution in [-0.2, 0) is 49.5 Å². The van der Waals surface area contributed by atoms with Gasteiger partial charge in [0.25, 0.3) is 0 Å². The van der Waals surface area contributed by atoms with Crippen LogP contribution in [0.4, 0.5) is 17.1 Å². The van der Waals surface area contributed by atoms with E-state index in [4.69, 9.17) is 30.5 Å². The van der Waals surface area contributed by atoms with Crippen molar-refractivity contribution >= 4 is 69.0 Å². The summed E-state index contributed by atoms with van der Waals surface area (Å²) in [5.41, 5.74) is 9.93. The number of phenolic OH excluding ortho intramolecular Hbond substituents is 1. The Morgan fingerprint density at radius 3 is 2.02 bits per heavy atom. The summed E-state index contributed by atoms with van der Waals surface area (Å²) in [5.74, 6) is 2.56. The molecule has 0 radical (unpaired) electrons. The number of Topliss-reactive ketones (excluding diaryl/α,β-unsaturated/α-hetero) is 1. The lowest BCUT2D eigenvalue weighted by molar-refractivity contribution is -0.160. The van der Waals surface area contributed by atoms with Crippen molar-refractivity contribution in [1.82, 2.24) is 39.3 Å². The van der Waals surface area contributed by atoms with Gasteiger partial charge in [0, 0.05) is 121 Å². The number of aromatic nitrogens is 6. The van der Waals surface area contributed by atoms with Crippen LogP contribution in [0.15, 0.2) is 155 Å². The third-order valence-electron chi connectivity index (χ3n) is 22.6. The fourth-order valence-corrected chi connectivity index (χ4v) is 17.7. The first-order chi connectivity index (χ1) is 52.4. The minimum Gasteiger partial charge on any atom is -0.507 e. The van der Waals surface area contributed by atoms with E-state index in [-0.39, 0.29) is 51.6 Å². The molecule has 3 saturated heterocycles. The predicted octanol–water partition coefficient (Wildman–Crippen LogP) is 16.0. The number of halogens is 1. The molecule has 0 spiro atoms. The van der Waals surface area contributed by atoms with Crippen LogP contribution in [-0.4, -0.2) is 147 Å². The molecule has 3 aliphatic heterocycles. The third-order valence-corrected chi connectivity index (χ3v) is 25.3. The van der Waals surface area contributed by atoms with E-state index in [2.05, 4.69) is 118 Å². The van der Waals surface area contributed by atoms with Crippen LogP contribution in [0.5, 0.6) is 17.2 Å². The Morgan fingerprint density at radius 2 is 1.39 bits per heavy atom. The van der Waals surface area contributed by atoms with Crippen LogP contribution < -0.4 is 35.2 Å². The highest BCUT2D eigenvalue weighted by Gasteiger charge is 2.46. The van der Waals surface area contributed by atoms with E-state index in [1.807, 2.05) is 130 Å². The van der Waals surface area contributed by atoms with Crippen LogP contribution in [0.25, 0.3) is 5.69 Å². The molecular formula is C86H112ClN11O9S2. The number of anilines is 3. The molecule has 4 atom stereocenters. The van der Waals surface area contributed by atoms with Gasteiger partial charge in [-0.05, 0) is 165 Å². The zero-order valence-electron chi connectivity index (χ0n) is 65.8. The van der Waals surface area contributed by atoms with Crippen molar-refractivity contribution in [2.75, 3.05) is 99.7 Å². The molecule has 5 heterocycles. The van der Waals surface area contributed by atoms with Crippen molar-refractivity contribution in [2.45, 2.75) is 174 Å². The fourth-order valence-electron chi connectivity index (χ4n) is 15.7. The molecule has 20 nitrogen and oxygen atoms in total. The SMILES string of the molecule is CCC(CC)CC1(C(=O)Cc2ccccc2SC(=O)C(C)C)CCCCC1.CC[C@@H](C)n1ncn(-c2ccc(N3CCN(c4ccc(OC[C@@H]5CO[C@@](CSc6nncn6C)(c6ccc(Cl)cc6)O5)cc4)CC3)cc2)c1=O.COc1cccc(N2CCN(CC(=O)NC3c4c(O)c(C)cc(C)c4CC3(C)C)CC2)c1. The summed E-state index contributed by atoms with van der Waals surface area (Å²) in [7, 11) is 3.59. The lowest BCUT2D eigenvalue weighted by Crippen LogP contribution is -2.50. The van der Waals surface area contributed by atoms with Crippen molar-refractivity contribution in [1.29, 1.82) is 0 Å². The number of phenols is 1. The molecule has 1 saturated carbocycles. The van der Waals surface area contributed by atoms with Crippen molar-refractivity contribution in [3.05, 3.63) is 189 Å². The number of piperazine rings is 2. The van der Waals surface area contributed by atoms with Gasteiger partial charge in [-0.15, -0.1) is 10.2 Å². The van der Waals surface area contributed by atoms with Crippen LogP contribution in [0.2, 0.25) is 5.02 Å². The number of fused-ring (bicyclic) bond motifs is 1. The Labute approximate surface area is 657 Å². The van der Waals surface area contributed by atoms with Gasteiger partial charge in [-0.1, -0.05) is 158 Å². The largest absolute Gasteiger partial charge is 0.507 e. The highest BCUT2D eigenvalue weighted by molar-refractivity contribution is 8.13. The third kappa shape index (κ3) is 20.2. The molecular weight excluding hydrogens is 1430 g/mol. The fraction of sp³-hybridized carbons (Fsp3) is 0.500.